The normalized spacial score (nSPS) is 13.4. The van der Waals surface area contributed by atoms with E-state index < -0.39 is 6.04 Å². The molecule has 5 heteroatoms. The second-order valence-corrected chi connectivity index (χ2v) is 4.79. The Balaban J connectivity index is 0.00000289. The largest absolute Gasteiger partial charge is 0.323 e. The molecule has 1 aromatic carbocycles. The number of amides is 1. The molecule has 1 amide bonds. The standard InChI is InChI=1S/C13H19ClN2O.ClH/c1-4-9(3)12(15)13(17)16-11-7-8(2)5-6-10(11)14;/h5-7,9,12H,4,15H2,1-3H3,(H,16,17);1H. The van der Waals surface area contributed by atoms with Crippen LogP contribution >= 0.6 is 24.0 Å². The molecule has 102 valence electrons. The molecule has 0 fully saturated rings. The SMILES string of the molecule is CCC(C)C(N)C(=O)Nc1cc(C)ccc1Cl.Cl. The number of halogens is 2. The van der Waals surface area contributed by atoms with Crippen LogP contribution in [0.1, 0.15) is 25.8 Å². The second kappa shape index (κ2) is 7.62. The second-order valence-electron chi connectivity index (χ2n) is 4.38. The van der Waals surface area contributed by atoms with Crippen LogP contribution in [-0.4, -0.2) is 11.9 Å². The van der Waals surface area contributed by atoms with E-state index in [9.17, 15) is 4.79 Å². The van der Waals surface area contributed by atoms with E-state index in [4.69, 9.17) is 17.3 Å². The fraction of sp³-hybridized carbons (Fsp3) is 0.462. The third kappa shape index (κ3) is 4.48. The number of rotatable bonds is 4. The molecule has 0 bridgehead atoms. The zero-order valence-electron chi connectivity index (χ0n) is 10.9. The average Bonchev–Trinajstić information content (AvgIpc) is 2.31. The van der Waals surface area contributed by atoms with Crippen LogP contribution in [0.15, 0.2) is 18.2 Å². The van der Waals surface area contributed by atoms with E-state index in [0.717, 1.165) is 12.0 Å². The fourth-order valence-corrected chi connectivity index (χ4v) is 1.63. The highest BCUT2D eigenvalue weighted by Crippen LogP contribution is 2.23. The molecule has 18 heavy (non-hydrogen) atoms. The summed E-state index contributed by atoms with van der Waals surface area (Å²) < 4.78 is 0. The molecule has 0 saturated carbocycles. The van der Waals surface area contributed by atoms with E-state index in [1.54, 1.807) is 6.07 Å². The van der Waals surface area contributed by atoms with Crippen LogP contribution in [0.3, 0.4) is 0 Å². The van der Waals surface area contributed by atoms with Gasteiger partial charge in [-0.15, -0.1) is 12.4 Å². The monoisotopic (exact) mass is 290 g/mol. The molecule has 0 radical (unpaired) electrons. The Kier molecular flexibility index (Phi) is 7.29. The molecular formula is C13H20Cl2N2O. The van der Waals surface area contributed by atoms with Gasteiger partial charge in [-0.2, -0.15) is 0 Å². The van der Waals surface area contributed by atoms with Crippen molar-refractivity contribution in [2.24, 2.45) is 11.7 Å². The van der Waals surface area contributed by atoms with Gasteiger partial charge >= 0.3 is 0 Å². The first-order chi connectivity index (χ1) is 7.95. The molecule has 1 aromatic rings. The number of aryl methyl sites for hydroxylation is 1. The first-order valence-corrected chi connectivity index (χ1v) is 6.16. The van der Waals surface area contributed by atoms with Crippen molar-refractivity contribution in [2.45, 2.75) is 33.2 Å². The zero-order valence-corrected chi connectivity index (χ0v) is 12.4. The topological polar surface area (TPSA) is 55.1 Å². The van der Waals surface area contributed by atoms with Crippen molar-refractivity contribution in [3.63, 3.8) is 0 Å². The Hall–Kier alpha value is -0.770. The Bertz CT molecular complexity index is 410. The molecule has 0 aromatic heterocycles. The van der Waals surface area contributed by atoms with Crippen molar-refractivity contribution in [3.05, 3.63) is 28.8 Å². The van der Waals surface area contributed by atoms with Gasteiger partial charge in [0.2, 0.25) is 5.91 Å². The first-order valence-electron chi connectivity index (χ1n) is 5.78. The van der Waals surface area contributed by atoms with Gasteiger partial charge in [0.25, 0.3) is 0 Å². The molecule has 3 nitrogen and oxygen atoms in total. The summed E-state index contributed by atoms with van der Waals surface area (Å²) in [4.78, 5) is 11.9. The van der Waals surface area contributed by atoms with Crippen molar-refractivity contribution in [1.82, 2.24) is 0 Å². The van der Waals surface area contributed by atoms with Crippen molar-refractivity contribution in [2.75, 3.05) is 5.32 Å². The predicted octanol–water partition coefficient (Wildman–Crippen LogP) is 3.38. The Morgan fingerprint density at radius 3 is 2.67 bits per heavy atom. The van der Waals surface area contributed by atoms with Crippen molar-refractivity contribution < 1.29 is 4.79 Å². The number of anilines is 1. The van der Waals surface area contributed by atoms with Gasteiger partial charge in [0, 0.05) is 0 Å². The lowest BCUT2D eigenvalue weighted by Crippen LogP contribution is -2.40. The van der Waals surface area contributed by atoms with Gasteiger partial charge < -0.3 is 11.1 Å². The quantitative estimate of drug-likeness (QED) is 0.893. The van der Waals surface area contributed by atoms with E-state index in [0.29, 0.717) is 10.7 Å². The average molecular weight is 291 g/mol. The summed E-state index contributed by atoms with van der Waals surface area (Å²) in [5, 5.41) is 3.30. The van der Waals surface area contributed by atoms with E-state index >= 15 is 0 Å². The molecule has 2 atom stereocenters. The minimum absolute atomic E-state index is 0. The van der Waals surface area contributed by atoms with Gasteiger partial charge in [0.15, 0.2) is 0 Å². The molecular weight excluding hydrogens is 271 g/mol. The van der Waals surface area contributed by atoms with Crippen molar-refractivity contribution in [1.29, 1.82) is 0 Å². The summed E-state index contributed by atoms with van der Waals surface area (Å²) in [6.07, 6.45) is 0.871. The number of nitrogens with two attached hydrogens (primary N) is 1. The van der Waals surface area contributed by atoms with Gasteiger partial charge in [0.1, 0.15) is 0 Å². The van der Waals surface area contributed by atoms with Gasteiger partial charge in [0.05, 0.1) is 16.8 Å². The number of benzene rings is 1. The first kappa shape index (κ1) is 17.2. The number of hydrogen-bond donors (Lipinski definition) is 2. The van der Waals surface area contributed by atoms with Crippen LogP contribution in [0.5, 0.6) is 0 Å². The maximum Gasteiger partial charge on any atom is 0.241 e. The van der Waals surface area contributed by atoms with Crippen LogP contribution in [0, 0.1) is 12.8 Å². The van der Waals surface area contributed by atoms with E-state index in [-0.39, 0.29) is 24.2 Å². The molecule has 0 heterocycles. The lowest BCUT2D eigenvalue weighted by molar-refractivity contribution is -0.118. The highest BCUT2D eigenvalue weighted by Gasteiger charge is 2.20. The Labute approximate surface area is 119 Å². The molecule has 0 spiro atoms. The summed E-state index contributed by atoms with van der Waals surface area (Å²) in [6, 6.07) is 4.99. The lowest BCUT2D eigenvalue weighted by atomic mass is 9.99. The maximum absolute atomic E-state index is 11.9. The van der Waals surface area contributed by atoms with Gasteiger partial charge in [-0.1, -0.05) is 37.9 Å². The molecule has 0 aliphatic carbocycles. The lowest BCUT2D eigenvalue weighted by Gasteiger charge is -2.18. The summed E-state index contributed by atoms with van der Waals surface area (Å²) in [5.74, 6) is -0.0366. The smallest absolute Gasteiger partial charge is 0.241 e. The summed E-state index contributed by atoms with van der Waals surface area (Å²) in [6.45, 7) is 5.92. The number of carbonyl (C=O) groups is 1. The summed E-state index contributed by atoms with van der Waals surface area (Å²) in [7, 11) is 0. The van der Waals surface area contributed by atoms with Gasteiger partial charge in [-0.3, -0.25) is 4.79 Å². The number of carbonyl (C=O) groups excluding carboxylic acids is 1. The summed E-state index contributed by atoms with van der Waals surface area (Å²) in [5.41, 5.74) is 7.52. The van der Waals surface area contributed by atoms with E-state index in [2.05, 4.69) is 5.32 Å². The molecule has 3 N–H and O–H groups in total. The van der Waals surface area contributed by atoms with Crippen LogP contribution < -0.4 is 11.1 Å². The third-order valence-electron chi connectivity index (χ3n) is 2.94. The molecule has 1 rings (SSSR count). The molecule has 0 aliphatic heterocycles. The van der Waals surface area contributed by atoms with Crippen LogP contribution in [0.25, 0.3) is 0 Å². The minimum atomic E-state index is -0.503. The molecule has 0 saturated heterocycles. The van der Waals surface area contributed by atoms with E-state index in [1.807, 2.05) is 32.9 Å². The predicted molar refractivity (Wildman–Crippen MR) is 79.5 cm³/mol. The fourth-order valence-electron chi connectivity index (χ4n) is 1.46. The van der Waals surface area contributed by atoms with E-state index in [1.165, 1.54) is 0 Å². The summed E-state index contributed by atoms with van der Waals surface area (Å²) >= 11 is 6.00. The highest BCUT2D eigenvalue weighted by atomic mass is 35.5. The maximum atomic E-state index is 11.9. The highest BCUT2D eigenvalue weighted by molar-refractivity contribution is 6.33. The number of hydrogen-bond acceptors (Lipinski definition) is 2. The zero-order chi connectivity index (χ0) is 13.0. The van der Waals surface area contributed by atoms with Crippen LogP contribution in [0.2, 0.25) is 5.02 Å². The van der Waals surface area contributed by atoms with Gasteiger partial charge in [-0.05, 0) is 30.5 Å². The molecule has 2 unspecified atom stereocenters. The Morgan fingerprint density at radius 1 is 1.50 bits per heavy atom. The number of nitrogens with one attached hydrogen (secondary N) is 1. The van der Waals surface area contributed by atoms with Gasteiger partial charge in [-0.25, -0.2) is 0 Å². The van der Waals surface area contributed by atoms with Crippen LogP contribution in [-0.2, 0) is 4.79 Å². The Morgan fingerprint density at radius 2 is 2.11 bits per heavy atom. The molecule has 0 aliphatic rings. The van der Waals surface area contributed by atoms with Crippen LogP contribution in [0.4, 0.5) is 5.69 Å². The third-order valence-corrected chi connectivity index (χ3v) is 3.27. The van der Waals surface area contributed by atoms with Crippen molar-refractivity contribution in [3.8, 4) is 0 Å². The minimum Gasteiger partial charge on any atom is -0.323 e. The van der Waals surface area contributed by atoms with Crippen molar-refractivity contribution >= 4 is 35.6 Å².